The average Bonchev–Trinajstić information content (AvgIpc) is 3.91. The van der Waals surface area contributed by atoms with Crippen LogP contribution in [0.15, 0.2) is 170 Å². The smallest absolute Gasteiger partial charge is 0.500 e. The van der Waals surface area contributed by atoms with Crippen LogP contribution in [0, 0.1) is 44.3 Å². The second-order valence-electron chi connectivity index (χ2n) is 13.2. The first kappa shape index (κ1) is 36.0. The second kappa shape index (κ2) is 16.6. The van der Waals surface area contributed by atoms with Gasteiger partial charge >= 0.3 is 19.8 Å². The van der Waals surface area contributed by atoms with E-state index in [1.165, 1.54) is 33.9 Å². The minimum Gasteiger partial charge on any atom is -0.500 e. The fraction of sp³-hybridized carbons (Fsp3) is 0.0625. The first-order valence-corrected chi connectivity index (χ1v) is 18.1. The predicted molar refractivity (Wildman–Crippen MR) is 220 cm³/mol. The Hall–Kier alpha value is -6.02. The van der Waals surface area contributed by atoms with Crippen LogP contribution < -0.4 is 29.4 Å². The molecule has 6 nitrogen and oxygen atoms in total. The topological polar surface area (TPSA) is 19.4 Å². The minimum absolute atomic E-state index is 0. The molecule has 7 aromatic rings. The van der Waals surface area contributed by atoms with E-state index in [0.717, 1.165) is 42.5 Å². The summed E-state index contributed by atoms with van der Waals surface area (Å²) in [6.07, 6.45) is 0. The van der Waals surface area contributed by atoms with Crippen molar-refractivity contribution in [2.45, 2.75) is 13.1 Å². The molecule has 3 heterocycles. The van der Waals surface area contributed by atoms with Crippen molar-refractivity contribution in [1.29, 1.82) is 0 Å². The summed E-state index contributed by atoms with van der Waals surface area (Å²) in [5, 5.41) is 0. The van der Waals surface area contributed by atoms with Crippen molar-refractivity contribution >= 4 is 45.5 Å². The summed E-state index contributed by atoms with van der Waals surface area (Å²) in [6, 6.07) is 71.2. The maximum Gasteiger partial charge on any atom is 7.00 e. The SMILES string of the molecule is [Os+7].[c-]1ccccc1CN1[CH-]N(CN2[CH-]N(Cc3[c-]cccc3)c3ccccc32)c2ccccc21.[c-]1ccccc1N1[CH-]N(c2[c-]cccc2)c2ccccc21. The molecule has 0 spiro atoms. The summed E-state index contributed by atoms with van der Waals surface area (Å²) >= 11 is 0. The van der Waals surface area contributed by atoms with Gasteiger partial charge in [0, 0.05) is 40.8 Å². The molecule has 267 valence electrons. The fourth-order valence-electron chi connectivity index (χ4n) is 7.11. The largest absolute Gasteiger partial charge is 7.00 e. The summed E-state index contributed by atoms with van der Waals surface area (Å²) in [6.45, 7) is 8.85. The predicted octanol–water partition coefficient (Wildman–Crippen LogP) is 10.5. The summed E-state index contributed by atoms with van der Waals surface area (Å²) < 4.78 is 0. The van der Waals surface area contributed by atoms with Crippen LogP contribution in [0.3, 0.4) is 0 Å². The fourth-order valence-corrected chi connectivity index (χ4v) is 7.11. The monoisotopic (exact) mass is 889 g/mol. The molecular formula is C48H37N6Os. The maximum atomic E-state index is 3.35. The van der Waals surface area contributed by atoms with Gasteiger partial charge in [0.2, 0.25) is 0 Å². The number of nitrogens with zero attached hydrogens (tertiary/aromatic N) is 6. The number of anilines is 8. The zero-order valence-electron chi connectivity index (χ0n) is 30.1. The third kappa shape index (κ3) is 7.67. The van der Waals surface area contributed by atoms with Crippen molar-refractivity contribution in [2.24, 2.45) is 0 Å². The molecule has 3 aliphatic heterocycles. The van der Waals surface area contributed by atoms with Crippen molar-refractivity contribution in [3.8, 4) is 0 Å². The minimum atomic E-state index is 0. The molecule has 0 atom stereocenters. The van der Waals surface area contributed by atoms with Gasteiger partial charge in [0.15, 0.2) is 0 Å². The van der Waals surface area contributed by atoms with E-state index < -0.39 is 0 Å². The molecule has 0 bridgehead atoms. The molecular weight excluding hydrogens is 851 g/mol. The van der Waals surface area contributed by atoms with Crippen molar-refractivity contribution in [2.75, 3.05) is 36.1 Å². The normalized spacial score (nSPS) is 13.8. The third-order valence-corrected chi connectivity index (χ3v) is 9.63. The van der Waals surface area contributed by atoms with Gasteiger partial charge < -0.3 is 29.4 Å². The van der Waals surface area contributed by atoms with E-state index >= 15 is 0 Å². The Bertz CT molecular complexity index is 2130. The van der Waals surface area contributed by atoms with E-state index in [-0.39, 0.29) is 19.8 Å². The Morgan fingerprint density at radius 1 is 0.345 bits per heavy atom. The van der Waals surface area contributed by atoms with Crippen LogP contribution in [0.2, 0.25) is 0 Å². The van der Waals surface area contributed by atoms with E-state index in [9.17, 15) is 0 Å². The van der Waals surface area contributed by atoms with Gasteiger partial charge in [-0.2, -0.15) is 135 Å². The molecule has 0 N–H and O–H groups in total. The van der Waals surface area contributed by atoms with Gasteiger partial charge in [-0.3, -0.25) is 0 Å². The van der Waals surface area contributed by atoms with Gasteiger partial charge in [0.05, 0.1) is 0 Å². The summed E-state index contributed by atoms with van der Waals surface area (Å²) in [4.78, 5) is 13.6. The molecule has 0 amide bonds. The second-order valence-corrected chi connectivity index (χ2v) is 13.2. The summed E-state index contributed by atoms with van der Waals surface area (Å²) in [7, 11) is 0. The van der Waals surface area contributed by atoms with Crippen molar-refractivity contribution in [3.63, 3.8) is 0 Å². The molecule has 3 aliphatic rings. The van der Waals surface area contributed by atoms with Crippen LogP contribution in [0.5, 0.6) is 0 Å². The Morgan fingerprint density at radius 2 is 0.691 bits per heavy atom. The molecule has 7 aromatic carbocycles. The number of fused-ring (bicyclic) bond motifs is 3. The summed E-state index contributed by atoms with van der Waals surface area (Å²) in [5.41, 5.74) is 11.6. The van der Waals surface area contributed by atoms with Crippen molar-refractivity contribution in [3.05, 3.63) is 225 Å². The van der Waals surface area contributed by atoms with Crippen LogP contribution in [0.4, 0.5) is 45.5 Å². The molecule has 0 unspecified atom stereocenters. The first-order chi connectivity index (χ1) is 26.8. The van der Waals surface area contributed by atoms with Gasteiger partial charge in [0.1, 0.15) is 0 Å². The average molecular weight is 888 g/mol. The van der Waals surface area contributed by atoms with Crippen LogP contribution in [-0.4, -0.2) is 6.67 Å². The standard InChI is InChI=1S/C29H24N4.C19H13N2.Os/c1-3-11-24(12-4-1)19-30-21-32(28-17-9-7-15-26(28)30)23-33-22-31(20-25-13-5-2-6-14-25)27-16-8-10-18-29(27)33;1-3-9-16(10-4-1)20-15-21(17-11-5-2-6-12-17)19-14-8-7-13-18(19)20;/h1-11,13,15-18,21-22H,19-20,23H2;1-9,11,13-15H;/q-4;-3;+7. The molecule has 0 fully saturated rings. The van der Waals surface area contributed by atoms with E-state index in [4.69, 9.17) is 0 Å². The quantitative estimate of drug-likeness (QED) is 0.141. The first-order valence-electron chi connectivity index (χ1n) is 18.1. The van der Waals surface area contributed by atoms with Gasteiger partial charge in [-0.15, -0.1) is 29.2 Å². The van der Waals surface area contributed by atoms with Gasteiger partial charge in [0.25, 0.3) is 0 Å². The zero-order valence-corrected chi connectivity index (χ0v) is 32.6. The maximum absolute atomic E-state index is 3.35. The molecule has 0 saturated carbocycles. The molecule has 55 heavy (non-hydrogen) atoms. The van der Waals surface area contributed by atoms with Crippen LogP contribution in [-0.2, 0) is 32.9 Å². The Labute approximate surface area is 338 Å². The van der Waals surface area contributed by atoms with Crippen LogP contribution >= 0.6 is 0 Å². The number of hydrogen-bond acceptors (Lipinski definition) is 6. The Kier molecular flexibility index (Phi) is 10.8. The summed E-state index contributed by atoms with van der Waals surface area (Å²) in [5.74, 6) is 0. The van der Waals surface area contributed by atoms with Gasteiger partial charge in [-0.25, -0.2) is 0 Å². The molecule has 0 saturated heterocycles. The molecule has 0 aromatic heterocycles. The molecule has 1 radical (unpaired) electrons. The van der Waals surface area contributed by atoms with Gasteiger partial charge in [-0.1, -0.05) is 36.4 Å². The number of hydrogen-bond donors (Lipinski definition) is 0. The Morgan fingerprint density at radius 3 is 1.05 bits per heavy atom. The van der Waals surface area contributed by atoms with Gasteiger partial charge in [-0.05, 0) is 49.5 Å². The molecule has 10 rings (SSSR count). The molecule has 0 aliphatic carbocycles. The van der Waals surface area contributed by atoms with Crippen LogP contribution in [0.1, 0.15) is 11.1 Å². The zero-order chi connectivity index (χ0) is 36.1. The van der Waals surface area contributed by atoms with E-state index in [1.807, 2.05) is 60.7 Å². The molecule has 7 heteroatoms. The van der Waals surface area contributed by atoms with Crippen molar-refractivity contribution in [1.82, 2.24) is 0 Å². The Balaban J connectivity index is 0.000000168. The number of benzene rings is 7. The van der Waals surface area contributed by atoms with Crippen LogP contribution in [0.25, 0.3) is 0 Å². The van der Waals surface area contributed by atoms with E-state index in [2.05, 4.69) is 183 Å². The van der Waals surface area contributed by atoms with E-state index in [0.29, 0.717) is 0 Å². The third-order valence-electron chi connectivity index (χ3n) is 9.63. The van der Waals surface area contributed by atoms with Crippen molar-refractivity contribution < 1.29 is 19.8 Å². The van der Waals surface area contributed by atoms with E-state index in [1.54, 1.807) is 0 Å². The number of para-hydroxylation sites is 8. The number of rotatable bonds is 8.